The van der Waals surface area contributed by atoms with Gasteiger partial charge in [-0.2, -0.15) is 4.98 Å². The maximum absolute atomic E-state index is 4.89. The Kier molecular flexibility index (Phi) is 3.05. The highest BCUT2D eigenvalue weighted by Crippen LogP contribution is 2.18. The van der Waals surface area contributed by atoms with Crippen LogP contribution in [-0.2, 0) is 11.4 Å². The third-order valence-corrected chi connectivity index (χ3v) is 2.07. The molecule has 0 aliphatic heterocycles. The van der Waals surface area contributed by atoms with Gasteiger partial charge in [0.25, 0.3) is 5.89 Å². The van der Waals surface area contributed by atoms with Crippen LogP contribution < -0.4 is 5.90 Å². The van der Waals surface area contributed by atoms with Gasteiger partial charge in [0.05, 0.1) is 0 Å². The van der Waals surface area contributed by atoms with Gasteiger partial charge in [-0.1, -0.05) is 5.16 Å². The lowest BCUT2D eigenvalue weighted by atomic mass is 10.3. The molecule has 78 valence electrons. The topological polar surface area (TPSA) is 87.1 Å². The molecule has 0 saturated carbocycles. The van der Waals surface area contributed by atoms with Crippen LogP contribution in [-0.4, -0.2) is 15.1 Å². The number of halogens is 1. The van der Waals surface area contributed by atoms with Gasteiger partial charge < -0.3 is 4.52 Å². The Morgan fingerprint density at radius 2 is 2.33 bits per heavy atom. The number of hydrogen-bond acceptors (Lipinski definition) is 6. The van der Waals surface area contributed by atoms with Crippen LogP contribution >= 0.6 is 15.9 Å². The van der Waals surface area contributed by atoms with Crippen LogP contribution in [0.1, 0.15) is 5.89 Å². The number of rotatable bonds is 3. The fourth-order valence-corrected chi connectivity index (χ4v) is 1.40. The summed E-state index contributed by atoms with van der Waals surface area (Å²) in [5, 5.41) is 3.76. The molecule has 0 amide bonds. The Bertz CT molecular complexity index is 459. The Labute approximate surface area is 93.5 Å². The first-order chi connectivity index (χ1) is 7.29. The zero-order valence-corrected chi connectivity index (χ0v) is 9.14. The second-order valence-electron chi connectivity index (χ2n) is 2.71. The second-order valence-corrected chi connectivity index (χ2v) is 3.63. The van der Waals surface area contributed by atoms with Crippen LogP contribution in [0.5, 0.6) is 0 Å². The summed E-state index contributed by atoms with van der Waals surface area (Å²) in [5.74, 6) is 5.67. The van der Waals surface area contributed by atoms with Gasteiger partial charge in [-0.25, -0.2) is 5.90 Å². The van der Waals surface area contributed by atoms with Crippen molar-refractivity contribution in [3.63, 3.8) is 0 Å². The lowest BCUT2D eigenvalue weighted by molar-refractivity contribution is 0.0996. The van der Waals surface area contributed by atoms with E-state index in [4.69, 9.17) is 10.4 Å². The van der Waals surface area contributed by atoms with Gasteiger partial charge in [0.2, 0.25) is 5.82 Å². The fraction of sp³-hybridized carbons (Fsp3) is 0.125. The van der Waals surface area contributed by atoms with E-state index in [1.807, 2.05) is 6.07 Å². The number of aromatic nitrogens is 3. The summed E-state index contributed by atoms with van der Waals surface area (Å²) in [4.78, 5) is 12.4. The minimum atomic E-state index is 0.0917. The number of pyridine rings is 1. The molecule has 6 nitrogen and oxygen atoms in total. The summed E-state index contributed by atoms with van der Waals surface area (Å²) < 4.78 is 5.74. The van der Waals surface area contributed by atoms with Gasteiger partial charge in [0.15, 0.2) is 0 Å². The smallest absolute Gasteiger partial charge is 0.255 e. The van der Waals surface area contributed by atoms with Crippen LogP contribution in [0.15, 0.2) is 27.5 Å². The summed E-state index contributed by atoms with van der Waals surface area (Å²) in [6.07, 6.45) is 3.32. The molecule has 2 aromatic heterocycles. The highest BCUT2D eigenvalue weighted by molar-refractivity contribution is 9.10. The summed E-state index contributed by atoms with van der Waals surface area (Å²) in [6.45, 7) is 0.0917. The molecule has 0 spiro atoms. The average molecular weight is 271 g/mol. The molecule has 2 rings (SSSR count). The highest BCUT2D eigenvalue weighted by atomic mass is 79.9. The van der Waals surface area contributed by atoms with Gasteiger partial charge in [0, 0.05) is 22.4 Å². The molecular weight excluding hydrogens is 264 g/mol. The van der Waals surface area contributed by atoms with Crippen molar-refractivity contribution in [2.24, 2.45) is 5.90 Å². The van der Waals surface area contributed by atoms with E-state index in [0.717, 1.165) is 10.0 Å². The van der Waals surface area contributed by atoms with Crippen LogP contribution in [0.25, 0.3) is 11.4 Å². The Hall–Kier alpha value is -1.31. The van der Waals surface area contributed by atoms with E-state index in [1.165, 1.54) is 0 Å². The van der Waals surface area contributed by atoms with Crippen LogP contribution in [0, 0.1) is 0 Å². The quantitative estimate of drug-likeness (QED) is 0.846. The lowest BCUT2D eigenvalue weighted by Gasteiger charge is -1.93. The van der Waals surface area contributed by atoms with Crippen molar-refractivity contribution in [1.82, 2.24) is 15.1 Å². The van der Waals surface area contributed by atoms with Gasteiger partial charge in [-0.15, -0.1) is 0 Å². The van der Waals surface area contributed by atoms with E-state index in [-0.39, 0.29) is 6.61 Å². The number of nitrogens with zero attached hydrogens (tertiary/aromatic N) is 3. The molecule has 2 N–H and O–H groups in total. The fourth-order valence-electron chi connectivity index (χ4n) is 1.04. The zero-order valence-electron chi connectivity index (χ0n) is 7.55. The van der Waals surface area contributed by atoms with Crippen molar-refractivity contribution in [1.29, 1.82) is 0 Å². The molecule has 2 aromatic rings. The third kappa shape index (κ3) is 2.38. The molecule has 2 heterocycles. The normalized spacial score (nSPS) is 10.5. The van der Waals surface area contributed by atoms with Crippen molar-refractivity contribution in [2.75, 3.05) is 0 Å². The largest absolute Gasteiger partial charge is 0.336 e. The first kappa shape index (κ1) is 10.2. The van der Waals surface area contributed by atoms with E-state index in [2.05, 4.69) is 35.9 Å². The van der Waals surface area contributed by atoms with Crippen molar-refractivity contribution in [3.8, 4) is 11.4 Å². The van der Waals surface area contributed by atoms with Gasteiger partial charge in [0.1, 0.15) is 6.61 Å². The minimum absolute atomic E-state index is 0.0917. The zero-order chi connectivity index (χ0) is 10.7. The third-order valence-electron chi connectivity index (χ3n) is 1.64. The molecule has 0 saturated heterocycles. The maximum atomic E-state index is 4.89. The summed E-state index contributed by atoms with van der Waals surface area (Å²) in [7, 11) is 0. The van der Waals surface area contributed by atoms with Crippen molar-refractivity contribution < 1.29 is 9.36 Å². The van der Waals surface area contributed by atoms with Gasteiger partial charge in [-0.05, 0) is 22.0 Å². The lowest BCUT2D eigenvalue weighted by Crippen LogP contribution is -1.98. The van der Waals surface area contributed by atoms with E-state index >= 15 is 0 Å². The van der Waals surface area contributed by atoms with E-state index in [0.29, 0.717) is 11.7 Å². The number of hydrogen-bond donors (Lipinski definition) is 1. The predicted molar refractivity (Wildman–Crippen MR) is 54.2 cm³/mol. The monoisotopic (exact) mass is 270 g/mol. The average Bonchev–Trinajstić information content (AvgIpc) is 2.67. The van der Waals surface area contributed by atoms with Crippen molar-refractivity contribution in [2.45, 2.75) is 6.61 Å². The first-order valence-electron chi connectivity index (χ1n) is 4.05. The Morgan fingerprint density at radius 1 is 1.47 bits per heavy atom. The standard InChI is InChI=1S/C8H7BrN4O2/c9-6-1-5(2-11-3-6)8-12-7(4-14-10)15-13-8/h1-3H,4,10H2. The second kappa shape index (κ2) is 4.47. The molecular formula is C8H7BrN4O2. The summed E-state index contributed by atoms with van der Waals surface area (Å²) in [5.41, 5.74) is 0.761. The van der Waals surface area contributed by atoms with Crippen LogP contribution in [0.4, 0.5) is 0 Å². The molecule has 15 heavy (non-hydrogen) atoms. The molecule has 0 aromatic carbocycles. The van der Waals surface area contributed by atoms with Crippen molar-refractivity contribution >= 4 is 15.9 Å². The van der Waals surface area contributed by atoms with E-state index in [9.17, 15) is 0 Å². The molecule has 0 bridgehead atoms. The van der Waals surface area contributed by atoms with Gasteiger partial charge >= 0.3 is 0 Å². The van der Waals surface area contributed by atoms with E-state index in [1.54, 1.807) is 12.4 Å². The van der Waals surface area contributed by atoms with Gasteiger partial charge in [-0.3, -0.25) is 9.82 Å². The van der Waals surface area contributed by atoms with Crippen LogP contribution in [0.3, 0.4) is 0 Å². The molecule has 0 radical (unpaired) electrons. The first-order valence-corrected chi connectivity index (χ1v) is 4.84. The molecule has 0 unspecified atom stereocenters. The Morgan fingerprint density at radius 3 is 3.07 bits per heavy atom. The SMILES string of the molecule is NOCc1nc(-c2cncc(Br)c2)no1. The minimum Gasteiger partial charge on any atom is -0.336 e. The molecule has 7 heteroatoms. The summed E-state index contributed by atoms with van der Waals surface area (Å²) in [6, 6.07) is 1.84. The number of nitrogens with two attached hydrogens (primary N) is 1. The molecule has 0 atom stereocenters. The van der Waals surface area contributed by atoms with Crippen molar-refractivity contribution in [3.05, 3.63) is 28.8 Å². The Balaban J connectivity index is 2.29. The van der Waals surface area contributed by atoms with E-state index < -0.39 is 0 Å². The predicted octanol–water partition coefficient (Wildman–Crippen LogP) is 1.28. The molecule has 0 fully saturated rings. The highest BCUT2D eigenvalue weighted by Gasteiger charge is 2.08. The molecule has 0 aliphatic carbocycles. The maximum Gasteiger partial charge on any atom is 0.255 e. The molecule has 0 aliphatic rings. The van der Waals surface area contributed by atoms with Crippen LogP contribution in [0.2, 0.25) is 0 Å². The summed E-state index contributed by atoms with van der Waals surface area (Å²) >= 11 is 3.30.